The van der Waals surface area contributed by atoms with Crippen LogP contribution in [-0.2, 0) is 4.79 Å². The number of furan rings is 1. The second kappa shape index (κ2) is 6.01. The van der Waals surface area contributed by atoms with Gasteiger partial charge >= 0.3 is 0 Å². The molecule has 3 unspecified atom stereocenters. The lowest BCUT2D eigenvalue weighted by Crippen LogP contribution is -2.44. The zero-order valence-corrected chi connectivity index (χ0v) is 12.2. The summed E-state index contributed by atoms with van der Waals surface area (Å²) in [6.07, 6.45) is 3.35. The third-order valence-corrected chi connectivity index (χ3v) is 5.04. The van der Waals surface area contributed by atoms with Crippen molar-refractivity contribution in [2.45, 2.75) is 50.0 Å². The molecular weight excluding hydrogens is 262 g/mol. The Kier molecular flexibility index (Phi) is 4.58. The smallest absolute Gasteiger partial charge is 0.236 e. The summed E-state index contributed by atoms with van der Waals surface area (Å²) in [6.45, 7) is 3.91. The van der Waals surface area contributed by atoms with Crippen LogP contribution in [0.4, 0.5) is 0 Å². The summed E-state index contributed by atoms with van der Waals surface area (Å²) in [7, 11) is 0. The predicted octanol–water partition coefficient (Wildman–Crippen LogP) is 2.49. The van der Waals surface area contributed by atoms with Crippen molar-refractivity contribution in [2.24, 2.45) is 0 Å². The Morgan fingerprint density at radius 1 is 1.68 bits per heavy atom. The van der Waals surface area contributed by atoms with Crippen molar-refractivity contribution in [1.82, 2.24) is 5.32 Å². The van der Waals surface area contributed by atoms with E-state index >= 15 is 0 Å². The monoisotopic (exact) mass is 283 g/mol. The molecular formula is C14H21NO3S. The summed E-state index contributed by atoms with van der Waals surface area (Å²) in [4.78, 5) is 12.2. The van der Waals surface area contributed by atoms with Gasteiger partial charge in [-0.1, -0.05) is 0 Å². The first-order valence-electron chi connectivity index (χ1n) is 6.68. The van der Waals surface area contributed by atoms with Crippen molar-refractivity contribution < 1.29 is 14.3 Å². The number of hydrogen-bond acceptors (Lipinski definition) is 4. The minimum Gasteiger partial charge on any atom is -0.467 e. The average Bonchev–Trinajstić information content (AvgIpc) is 2.99. The van der Waals surface area contributed by atoms with E-state index in [0.717, 1.165) is 18.6 Å². The van der Waals surface area contributed by atoms with Crippen LogP contribution in [0.2, 0.25) is 0 Å². The molecule has 0 spiro atoms. The van der Waals surface area contributed by atoms with Gasteiger partial charge < -0.3 is 14.8 Å². The Hall–Kier alpha value is -0.940. The SMILES string of the molecule is CC(CC(O)c1ccco1)NC(=O)C1(C)CCCS1. The number of carbonyl (C=O) groups excluding carboxylic acids is 1. The number of hydrogen-bond donors (Lipinski definition) is 2. The highest BCUT2D eigenvalue weighted by atomic mass is 32.2. The molecule has 4 nitrogen and oxygen atoms in total. The largest absolute Gasteiger partial charge is 0.467 e. The lowest BCUT2D eigenvalue weighted by molar-refractivity contribution is -0.123. The van der Waals surface area contributed by atoms with Crippen LogP contribution in [0, 0.1) is 0 Å². The Morgan fingerprint density at radius 2 is 2.47 bits per heavy atom. The van der Waals surface area contributed by atoms with Gasteiger partial charge in [-0.15, -0.1) is 11.8 Å². The second-order valence-corrected chi connectivity index (χ2v) is 6.92. The van der Waals surface area contributed by atoms with Gasteiger partial charge in [0.15, 0.2) is 0 Å². The number of aliphatic hydroxyl groups excluding tert-OH is 1. The van der Waals surface area contributed by atoms with Crippen LogP contribution in [0.3, 0.4) is 0 Å². The van der Waals surface area contributed by atoms with Gasteiger partial charge in [0, 0.05) is 12.5 Å². The Morgan fingerprint density at radius 3 is 3.05 bits per heavy atom. The fourth-order valence-corrected chi connectivity index (χ4v) is 3.54. The van der Waals surface area contributed by atoms with Crippen molar-refractivity contribution in [3.63, 3.8) is 0 Å². The molecule has 2 rings (SSSR count). The standard InChI is InChI=1S/C14H21NO3S/c1-10(9-11(16)12-5-3-7-18-12)15-13(17)14(2)6-4-8-19-14/h3,5,7,10-11,16H,4,6,8-9H2,1-2H3,(H,15,17). The average molecular weight is 283 g/mol. The maximum atomic E-state index is 12.2. The van der Waals surface area contributed by atoms with Gasteiger partial charge in [0.05, 0.1) is 11.0 Å². The Bertz CT molecular complexity index is 412. The van der Waals surface area contributed by atoms with Crippen molar-refractivity contribution in [3.05, 3.63) is 24.2 Å². The van der Waals surface area contributed by atoms with Crippen LogP contribution >= 0.6 is 11.8 Å². The van der Waals surface area contributed by atoms with Crippen LogP contribution in [0.25, 0.3) is 0 Å². The van der Waals surface area contributed by atoms with Gasteiger partial charge in [0.2, 0.25) is 5.91 Å². The normalized spacial score (nSPS) is 26.1. The van der Waals surface area contributed by atoms with Crippen LogP contribution in [0.1, 0.15) is 45.0 Å². The molecule has 3 atom stereocenters. The molecule has 1 aliphatic heterocycles. The van der Waals surface area contributed by atoms with E-state index in [1.807, 2.05) is 13.8 Å². The molecule has 1 aromatic heterocycles. The van der Waals surface area contributed by atoms with Gasteiger partial charge in [-0.3, -0.25) is 4.79 Å². The zero-order chi connectivity index (χ0) is 13.9. The number of carbonyl (C=O) groups is 1. The highest BCUT2D eigenvalue weighted by Crippen LogP contribution is 2.38. The lowest BCUT2D eigenvalue weighted by atomic mass is 10.0. The Balaban J connectivity index is 1.84. The van der Waals surface area contributed by atoms with E-state index in [9.17, 15) is 9.90 Å². The fraction of sp³-hybridized carbons (Fsp3) is 0.643. The summed E-state index contributed by atoms with van der Waals surface area (Å²) >= 11 is 1.72. The highest BCUT2D eigenvalue weighted by molar-refractivity contribution is 8.01. The van der Waals surface area contributed by atoms with E-state index in [-0.39, 0.29) is 16.7 Å². The molecule has 0 aliphatic carbocycles. The maximum absolute atomic E-state index is 12.2. The molecule has 5 heteroatoms. The lowest BCUT2D eigenvalue weighted by Gasteiger charge is -2.25. The molecule has 19 heavy (non-hydrogen) atoms. The van der Waals surface area contributed by atoms with Crippen molar-refractivity contribution in [3.8, 4) is 0 Å². The van der Waals surface area contributed by atoms with E-state index < -0.39 is 6.10 Å². The second-order valence-electron chi connectivity index (χ2n) is 5.32. The van der Waals surface area contributed by atoms with Crippen LogP contribution in [-0.4, -0.2) is 27.6 Å². The van der Waals surface area contributed by atoms with E-state index in [4.69, 9.17) is 4.42 Å². The highest BCUT2D eigenvalue weighted by Gasteiger charge is 2.37. The van der Waals surface area contributed by atoms with Crippen molar-refractivity contribution in [2.75, 3.05) is 5.75 Å². The summed E-state index contributed by atoms with van der Waals surface area (Å²) < 4.78 is 4.85. The number of rotatable bonds is 5. The van der Waals surface area contributed by atoms with Crippen LogP contribution < -0.4 is 5.32 Å². The minimum atomic E-state index is -0.672. The number of aliphatic hydroxyl groups is 1. The molecule has 1 aliphatic rings. The maximum Gasteiger partial charge on any atom is 0.236 e. The molecule has 2 heterocycles. The molecule has 2 N–H and O–H groups in total. The minimum absolute atomic E-state index is 0.0779. The quantitative estimate of drug-likeness (QED) is 0.871. The molecule has 0 radical (unpaired) electrons. The zero-order valence-electron chi connectivity index (χ0n) is 11.4. The first-order chi connectivity index (χ1) is 9.01. The van der Waals surface area contributed by atoms with Gasteiger partial charge in [-0.05, 0) is 44.6 Å². The fourth-order valence-electron chi connectivity index (χ4n) is 2.33. The van der Waals surface area contributed by atoms with Gasteiger partial charge in [0.25, 0.3) is 0 Å². The van der Waals surface area contributed by atoms with Crippen LogP contribution in [0.5, 0.6) is 0 Å². The number of thioether (sulfide) groups is 1. The van der Waals surface area contributed by atoms with E-state index in [1.165, 1.54) is 6.26 Å². The summed E-state index contributed by atoms with van der Waals surface area (Å²) in [5.41, 5.74) is 0. The first kappa shape index (κ1) is 14.5. The summed E-state index contributed by atoms with van der Waals surface area (Å²) in [5.74, 6) is 1.67. The van der Waals surface area contributed by atoms with Gasteiger partial charge in [0.1, 0.15) is 11.9 Å². The van der Waals surface area contributed by atoms with Crippen LogP contribution in [0.15, 0.2) is 22.8 Å². The predicted molar refractivity (Wildman–Crippen MR) is 76.0 cm³/mol. The molecule has 1 amide bonds. The molecule has 0 bridgehead atoms. The topological polar surface area (TPSA) is 62.5 Å². The number of nitrogens with one attached hydrogen (secondary N) is 1. The van der Waals surface area contributed by atoms with Gasteiger partial charge in [-0.25, -0.2) is 0 Å². The summed E-state index contributed by atoms with van der Waals surface area (Å²) in [6, 6.07) is 3.41. The van der Waals surface area contributed by atoms with E-state index in [2.05, 4.69) is 5.32 Å². The molecule has 1 saturated heterocycles. The van der Waals surface area contributed by atoms with Crippen molar-refractivity contribution >= 4 is 17.7 Å². The number of amides is 1. The van der Waals surface area contributed by atoms with E-state index in [1.54, 1.807) is 23.9 Å². The molecule has 1 aromatic rings. The first-order valence-corrected chi connectivity index (χ1v) is 7.66. The van der Waals surface area contributed by atoms with Crippen molar-refractivity contribution in [1.29, 1.82) is 0 Å². The van der Waals surface area contributed by atoms with E-state index in [0.29, 0.717) is 12.2 Å². The molecule has 0 saturated carbocycles. The summed E-state index contributed by atoms with van der Waals surface area (Å²) in [5, 5.41) is 13.0. The third-order valence-electron chi connectivity index (χ3n) is 3.53. The molecule has 1 fully saturated rings. The molecule has 106 valence electrons. The Labute approximate surface area is 117 Å². The third kappa shape index (κ3) is 3.54. The van der Waals surface area contributed by atoms with Gasteiger partial charge in [-0.2, -0.15) is 0 Å². The molecule has 0 aromatic carbocycles.